The van der Waals surface area contributed by atoms with Gasteiger partial charge in [0.1, 0.15) is 27.8 Å². The normalized spacial score (nSPS) is 11.8. The summed E-state index contributed by atoms with van der Waals surface area (Å²) in [5, 5.41) is 6.38. The van der Waals surface area contributed by atoms with Crippen molar-refractivity contribution in [3.63, 3.8) is 0 Å². The number of fused-ring (bicyclic) bond motifs is 10. The van der Waals surface area contributed by atoms with E-state index in [1.807, 2.05) is 42.5 Å². The van der Waals surface area contributed by atoms with Crippen LogP contribution in [0.2, 0.25) is 0 Å². The minimum absolute atomic E-state index is 0.502. The second kappa shape index (κ2) is 15.1. The van der Waals surface area contributed by atoms with Gasteiger partial charge in [-0.3, -0.25) is 0 Å². The summed E-state index contributed by atoms with van der Waals surface area (Å²) in [5.74, 6) is 0.502. The Balaban J connectivity index is 1.05. The van der Waals surface area contributed by atoms with Crippen LogP contribution < -0.4 is 9.80 Å². The zero-order valence-corrected chi connectivity index (χ0v) is 36.5. The monoisotopic (exact) mass is 874 g/mol. The molecule has 0 aliphatic heterocycles. The highest BCUT2D eigenvalue weighted by Crippen LogP contribution is 2.48. The van der Waals surface area contributed by atoms with Crippen molar-refractivity contribution < 1.29 is 13.3 Å². The highest BCUT2D eigenvalue weighted by Gasteiger charge is 2.26. The second-order valence-electron chi connectivity index (χ2n) is 17.1. The Hall–Kier alpha value is -9.33. The smallest absolute Gasteiger partial charge is 0.228 e. The first-order valence-corrected chi connectivity index (χ1v) is 22.8. The summed E-state index contributed by atoms with van der Waals surface area (Å²) in [6.45, 7) is 0. The molecule has 0 saturated carbocycles. The third-order valence-corrected chi connectivity index (χ3v) is 13.2. The Morgan fingerprint density at radius 2 is 0.926 bits per heavy atom. The number of aromatic nitrogens is 2. The molecule has 0 aliphatic rings. The number of hydrogen-bond acceptors (Lipinski definition) is 6. The molecule has 4 heterocycles. The van der Waals surface area contributed by atoms with Crippen molar-refractivity contribution in [2.75, 3.05) is 9.80 Å². The average molecular weight is 875 g/mol. The largest absolute Gasteiger partial charge is 0.456 e. The number of oxazole rings is 1. The SMILES string of the molecule is c1ccc(N(c2cc(N(c3ccccc3)c3ccc4c(c3)c3ccccc3n4-c3ccccc3)c3oc(-c4cccc5oc6ccccc6c45)nc3c2)c2ccc3oc4ccccc4c3c2)cc1. The summed E-state index contributed by atoms with van der Waals surface area (Å²) >= 11 is 0. The molecule has 14 rings (SSSR count). The quantitative estimate of drug-likeness (QED) is 0.152. The Morgan fingerprint density at radius 1 is 0.353 bits per heavy atom. The number of hydrogen-bond donors (Lipinski definition) is 0. The van der Waals surface area contributed by atoms with Crippen LogP contribution in [-0.2, 0) is 0 Å². The number of benzene rings is 10. The molecule has 68 heavy (non-hydrogen) atoms. The molecule has 0 atom stereocenters. The van der Waals surface area contributed by atoms with Gasteiger partial charge in [-0.05, 0) is 115 Å². The van der Waals surface area contributed by atoms with Gasteiger partial charge in [0.15, 0.2) is 5.58 Å². The third-order valence-electron chi connectivity index (χ3n) is 13.2. The van der Waals surface area contributed by atoms with Crippen molar-refractivity contribution >= 4 is 111 Å². The van der Waals surface area contributed by atoms with Gasteiger partial charge in [-0.1, -0.05) is 115 Å². The summed E-state index contributed by atoms with van der Waals surface area (Å²) in [7, 11) is 0. The summed E-state index contributed by atoms with van der Waals surface area (Å²) in [6.07, 6.45) is 0. The maximum atomic E-state index is 7.17. The highest BCUT2D eigenvalue weighted by atomic mass is 16.4. The van der Waals surface area contributed by atoms with Crippen molar-refractivity contribution in [1.29, 1.82) is 0 Å². The Morgan fingerprint density at radius 3 is 1.72 bits per heavy atom. The molecule has 0 saturated heterocycles. The zero-order valence-electron chi connectivity index (χ0n) is 36.5. The van der Waals surface area contributed by atoms with E-state index in [-0.39, 0.29) is 0 Å². The fourth-order valence-corrected chi connectivity index (χ4v) is 10.2. The first kappa shape index (κ1) is 38.0. The van der Waals surface area contributed by atoms with Crippen LogP contribution in [0.5, 0.6) is 0 Å². The van der Waals surface area contributed by atoms with Crippen LogP contribution in [0.1, 0.15) is 0 Å². The van der Waals surface area contributed by atoms with Crippen LogP contribution >= 0.6 is 0 Å². The second-order valence-corrected chi connectivity index (χ2v) is 17.1. The Labute approximate surface area is 389 Å². The van der Waals surface area contributed by atoms with Gasteiger partial charge in [-0.25, -0.2) is 4.98 Å². The molecule has 0 bridgehead atoms. The maximum Gasteiger partial charge on any atom is 0.228 e. The van der Waals surface area contributed by atoms with Crippen LogP contribution in [0, 0.1) is 0 Å². The first-order valence-electron chi connectivity index (χ1n) is 22.8. The number of anilines is 6. The molecule has 7 nitrogen and oxygen atoms in total. The molecular formula is C61H38N4O3. The van der Waals surface area contributed by atoms with Crippen molar-refractivity contribution in [3.05, 3.63) is 231 Å². The molecular weight excluding hydrogens is 837 g/mol. The standard InChI is InChI=1S/C61H38N4O3/c1-4-17-39(18-5-1)63(42-32-34-57-50(36-42)46-24-11-14-28-55(46)66-57)44-37-51-60(68-61(62-51)48-26-16-30-58-59(48)47-25-12-15-29-56(47)67-58)54(38-44)64(40-19-6-2-7-20-40)43-31-33-53-49(35-43)45-23-10-13-27-52(45)65(53)41-21-8-3-9-22-41/h1-38H. The number of para-hydroxylation sites is 6. The number of furan rings is 2. The Bertz CT molecular complexity index is 4220. The summed E-state index contributed by atoms with van der Waals surface area (Å²) < 4.78 is 22.2. The van der Waals surface area contributed by atoms with E-state index >= 15 is 0 Å². The van der Waals surface area contributed by atoms with Gasteiger partial charge in [0.05, 0.1) is 22.4 Å². The van der Waals surface area contributed by atoms with Crippen molar-refractivity contribution in [3.8, 4) is 17.1 Å². The first-order chi connectivity index (χ1) is 33.7. The predicted octanol–water partition coefficient (Wildman–Crippen LogP) is 17.3. The molecule has 0 unspecified atom stereocenters. The van der Waals surface area contributed by atoms with E-state index in [1.54, 1.807) is 0 Å². The number of rotatable bonds is 8. The van der Waals surface area contributed by atoms with Crippen LogP contribution in [0.3, 0.4) is 0 Å². The molecule has 0 spiro atoms. The van der Waals surface area contributed by atoms with E-state index in [2.05, 4.69) is 202 Å². The molecule has 0 radical (unpaired) electrons. The van der Waals surface area contributed by atoms with Crippen molar-refractivity contribution in [1.82, 2.24) is 9.55 Å². The van der Waals surface area contributed by atoms with E-state index in [0.29, 0.717) is 17.0 Å². The van der Waals surface area contributed by atoms with Gasteiger partial charge in [-0.15, -0.1) is 0 Å². The van der Waals surface area contributed by atoms with E-state index in [0.717, 1.165) is 106 Å². The van der Waals surface area contributed by atoms with E-state index in [9.17, 15) is 0 Å². The summed E-state index contributed by atoms with van der Waals surface area (Å²) in [4.78, 5) is 10.0. The third kappa shape index (κ3) is 5.96. The average Bonchev–Trinajstić information content (AvgIpc) is 4.18. The lowest BCUT2D eigenvalue weighted by atomic mass is 10.1. The number of nitrogens with zero attached hydrogens (tertiary/aromatic N) is 4. The predicted molar refractivity (Wildman–Crippen MR) is 278 cm³/mol. The molecule has 10 aromatic carbocycles. The summed E-state index contributed by atoms with van der Waals surface area (Å²) in [5.41, 5.74) is 14.5. The van der Waals surface area contributed by atoms with E-state index in [1.165, 1.54) is 5.39 Å². The molecule has 0 amide bonds. The molecule has 0 fully saturated rings. The lowest BCUT2D eigenvalue weighted by Gasteiger charge is -2.29. The van der Waals surface area contributed by atoms with Crippen LogP contribution in [-0.4, -0.2) is 9.55 Å². The highest BCUT2D eigenvalue weighted by molar-refractivity contribution is 6.14. The molecule has 7 heteroatoms. The van der Waals surface area contributed by atoms with Gasteiger partial charge in [-0.2, -0.15) is 0 Å². The van der Waals surface area contributed by atoms with Gasteiger partial charge in [0, 0.05) is 66.3 Å². The van der Waals surface area contributed by atoms with Crippen LogP contribution in [0.15, 0.2) is 244 Å². The maximum absolute atomic E-state index is 7.17. The lowest BCUT2D eigenvalue weighted by molar-refractivity contribution is 0.620. The molecule has 320 valence electrons. The van der Waals surface area contributed by atoms with Gasteiger partial charge >= 0.3 is 0 Å². The molecule has 0 N–H and O–H groups in total. The lowest BCUT2D eigenvalue weighted by Crippen LogP contribution is -2.13. The van der Waals surface area contributed by atoms with Crippen molar-refractivity contribution in [2.24, 2.45) is 0 Å². The fourth-order valence-electron chi connectivity index (χ4n) is 10.2. The minimum atomic E-state index is 0.502. The molecule has 4 aromatic heterocycles. The fraction of sp³-hybridized carbons (Fsp3) is 0. The zero-order chi connectivity index (χ0) is 44.7. The minimum Gasteiger partial charge on any atom is -0.456 e. The Kier molecular flexibility index (Phi) is 8.45. The van der Waals surface area contributed by atoms with E-state index in [4.69, 9.17) is 18.2 Å². The van der Waals surface area contributed by atoms with Gasteiger partial charge in [0.2, 0.25) is 5.89 Å². The van der Waals surface area contributed by atoms with Gasteiger partial charge < -0.3 is 27.6 Å². The topological polar surface area (TPSA) is 63.7 Å². The van der Waals surface area contributed by atoms with Crippen molar-refractivity contribution in [2.45, 2.75) is 0 Å². The van der Waals surface area contributed by atoms with Crippen LogP contribution in [0.4, 0.5) is 34.1 Å². The van der Waals surface area contributed by atoms with E-state index < -0.39 is 0 Å². The summed E-state index contributed by atoms with van der Waals surface area (Å²) in [6, 6.07) is 80.2. The van der Waals surface area contributed by atoms with Crippen LogP contribution in [0.25, 0.3) is 93.9 Å². The molecule has 0 aliphatic carbocycles. The van der Waals surface area contributed by atoms with Gasteiger partial charge in [0.25, 0.3) is 0 Å². The molecule has 14 aromatic rings.